The number of benzene rings is 7. The van der Waals surface area contributed by atoms with E-state index in [1.807, 2.05) is 22.7 Å². The van der Waals surface area contributed by atoms with E-state index < -0.39 is 0 Å². The molecule has 46 heavy (non-hydrogen) atoms. The summed E-state index contributed by atoms with van der Waals surface area (Å²) in [6.07, 6.45) is 0. The van der Waals surface area contributed by atoms with Crippen LogP contribution in [0.15, 0.2) is 170 Å². The lowest BCUT2D eigenvalue weighted by Gasteiger charge is -2.25. The highest BCUT2D eigenvalue weighted by Gasteiger charge is 2.20. The minimum absolute atomic E-state index is 1.14. The Labute approximate surface area is 275 Å². The molecule has 2 nitrogen and oxygen atoms in total. The van der Waals surface area contributed by atoms with Crippen molar-refractivity contribution in [3.63, 3.8) is 0 Å². The SMILES string of the molecule is c1ccc(N(c2ccc3c(c2)sc2ccccc23)c2ccc3c(c2)sc2c(N(c4ccccc4)c4ccccc4)cccc23)cc1. The van der Waals surface area contributed by atoms with Crippen molar-refractivity contribution in [2.75, 3.05) is 9.80 Å². The Hall–Kier alpha value is -5.42. The fourth-order valence-electron chi connectivity index (χ4n) is 6.55. The molecule has 0 atom stereocenters. The second-order valence-electron chi connectivity index (χ2n) is 11.4. The van der Waals surface area contributed by atoms with Gasteiger partial charge in [0.15, 0.2) is 0 Å². The molecule has 0 radical (unpaired) electrons. The molecule has 9 rings (SSSR count). The van der Waals surface area contributed by atoms with Gasteiger partial charge in [0.05, 0.1) is 10.4 Å². The Balaban J connectivity index is 1.22. The average Bonchev–Trinajstić information content (AvgIpc) is 3.68. The van der Waals surface area contributed by atoms with Crippen molar-refractivity contribution in [3.8, 4) is 0 Å². The molecule has 7 aromatic carbocycles. The second kappa shape index (κ2) is 11.2. The fourth-order valence-corrected chi connectivity index (χ4v) is 8.93. The second-order valence-corrected chi connectivity index (χ2v) is 13.5. The van der Waals surface area contributed by atoms with E-state index in [1.54, 1.807) is 0 Å². The Morgan fingerprint density at radius 3 is 1.41 bits per heavy atom. The van der Waals surface area contributed by atoms with Crippen LogP contribution in [-0.4, -0.2) is 0 Å². The molecule has 218 valence electrons. The van der Waals surface area contributed by atoms with E-state index in [-0.39, 0.29) is 0 Å². The number of rotatable bonds is 6. The van der Waals surface area contributed by atoms with Crippen molar-refractivity contribution in [2.45, 2.75) is 0 Å². The molecule has 0 aliphatic carbocycles. The standard InChI is InChI=1S/C42H28N2S2/c1-4-13-29(14-5-1)43(32-23-25-35-34-19-10-11-22-39(34)45-40(35)27-32)33-24-26-36-37-20-12-21-38(42(37)46-41(36)28-33)44(30-15-6-2-7-16-30)31-17-8-3-9-18-31/h1-28H. The molecule has 2 heterocycles. The minimum Gasteiger partial charge on any atom is -0.310 e. The summed E-state index contributed by atoms with van der Waals surface area (Å²) >= 11 is 3.73. The molecule has 0 saturated carbocycles. The first kappa shape index (κ1) is 26.9. The maximum absolute atomic E-state index is 2.38. The highest BCUT2D eigenvalue weighted by atomic mass is 32.1. The molecule has 0 fully saturated rings. The van der Waals surface area contributed by atoms with Gasteiger partial charge < -0.3 is 9.80 Å². The molecule has 0 bridgehead atoms. The summed E-state index contributed by atoms with van der Waals surface area (Å²) in [6, 6.07) is 61.2. The van der Waals surface area contributed by atoms with Gasteiger partial charge in [-0.1, -0.05) is 97.1 Å². The monoisotopic (exact) mass is 624 g/mol. The van der Waals surface area contributed by atoms with Gasteiger partial charge in [-0.25, -0.2) is 0 Å². The lowest BCUT2D eigenvalue weighted by atomic mass is 10.1. The zero-order valence-corrected chi connectivity index (χ0v) is 26.5. The third-order valence-corrected chi connectivity index (χ3v) is 10.9. The first-order chi connectivity index (χ1) is 22.8. The van der Waals surface area contributed by atoms with Crippen LogP contribution >= 0.6 is 22.7 Å². The van der Waals surface area contributed by atoms with Gasteiger partial charge >= 0.3 is 0 Å². The number of anilines is 6. The summed E-state index contributed by atoms with van der Waals surface area (Å²) in [5.74, 6) is 0. The van der Waals surface area contributed by atoms with Crippen LogP contribution in [0, 0.1) is 0 Å². The molecule has 0 unspecified atom stereocenters. The van der Waals surface area contributed by atoms with Crippen LogP contribution in [0.25, 0.3) is 40.3 Å². The molecule has 4 heteroatoms. The van der Waals surface area contributed by atoms with Gasteiger partial charge in [-0.05, 0) is 72.8 Å². The predicted octanol–water partition coefficient (Wildman–Crippen LogP) is 13.4. The number of para-hydroxylation sites is 3. The van der Waals surface area contributed by atoms with Gasteiger partial charge in [-0.3, -0.25) is 0 Å². The Bertz CT molecular complexity index is 2440. The quantitative estimate of drug-likeness (QED) is 0.182. The van der Waals surface area contributed by atoms with Crippen molar-refractivity contribution in [1.29, 1.82) is 0 Å². The van der Waals surface area contributed by atoms with Crippen LogP contribution in [-0.2, 0) is 0 Å². The van der Waals surface area contributed by atoms with Crippen LogP contribution in [0.4, 0.5) is 34.1 Å². The minimum atomic E-state index is 1.14. The summed E-state index contributed by atoms with van der Waals surface area (Å²) < 4.78 is 5.17. The first-order valence-electron chi connectivity index (χ1n) is 15.4. The molecular weight excluding hydrogens is 597 g/mol. The normalized spacial score (nSPS) is 11.5. The Kier molecular flexibility index (Phi) is 6.55. The fraction of sp³-hybridized carbons (Fsp3) is 0. The lowest BCUT2D eigenvalue weighted by molar-refractivity contribution is 1.30. The summed E-state index contributed by atoms with van der Waals surface area (Å²) in [6.45, 7) is 0. The van der Waals surface area contributed by atoms with Gasteiger partial charge in [0.1, 0.15) is 0 Å². The zero-order valence-electron chi connectivity index (χ0n) is 24.9. The number of thiophene rings is 2. The molecule has 0 amide bonds. The van der Waals surface area contributed by atoms with Crippen molar-refractivity contribution in [1.82, 2.24) is 0 Å². The van der Waals surface area contributed by atoms with E-state index in [4.69, 9.17) is 0 Å². The number of nitrogens with zero attached hydrogens (tertiary/aromatic N) is 2. The number of hydrogen-bond acceptors (Lipinski definition) is 4. The molecule has 0 spiro atoms. The van der Waals surface area contributed by atoms with Crippen LogP contribution in [0.3, 0.4) is 0 Å². The maximum atomic E-state index is 2.38. The van der Waals surface area contributed by atoms with Gasteiger partial charge in [0, 0.05) is 64.1 Å². The Morgan fingerprint density at radius 2 is 0.783 bits per heavy atom. The molecule has 0 saturated heterocycles. The Morgan fingerprint density at radius 1 is 0.304 bits per heavy atom. The highest BCUT2D eigenvalue weighted by molar-refractivity contribution is 7.26. The van der Waals surface area contributed by atoms with Crippen LogP contribution in [0.2, 0.25) is 0 Å². The largest absolute Gasteiger partial charge is 0.310 e. The summed E-state index contributed by atoms with van der Waals surface area (Å²) in [5, 5.41) is 5.19. The van der Waals surface area contributed by atoms with E-state index in [0.29, 0.717) is 0 Å². The summed E-state index contributed by atoms with van der Waals surface area (Å²) in [4.78, 5) is 4.75. The van der Waals surface area contributed by atoms with Crippen LogP contribution in [0.5, 0.6) is 0 Å². The topological polar surface area (TPSA) is 6.48 Å². The van der Waals surface area contributed by atoms with Crippen molar-refractivity contribution >= 4 is 97.1 Å². The molecule has 9 aromatic rings. The van der Waals surface area contributed by atoms with E-state index in [0.717, 1.165) is 28.4 Å². The molecular formula is C42H28N2S2. The number of fused-ring (bicyclic) bond motifs is 6. The molecule has 0 aliphatic rings. The highest BCUT2D eigenvalue weighted by Crippen LogP contribution is 2.47. The van der Waals surface area contributed by atoms with E-state index in [2.05, 4.69) is 180 Å². The van der Waals surface area contributed by atoms with Gasteiger partial charge in [0.25, 0.3) is 0 Å². The van der Waals surface area contributed by atoms with Crippen molar-refractivity contribution in [2.24, 2.45) is 0 Å². The predicted molar refractivity (Wildman–Crippen MR) is 202 cm³/mol. The van der Waals surface area contributed by atoms with Crippen molar-refractivity contribution < 1.29 is 0 Å². The van der Waals surface area contributed by atoms with E-state index >= 15 is 0 Å². The summed E-state index contributed by atoms with van der Waals surface area (Å²) in [7, 11) is 0. The molecule has 0 aliphatic heterocycles. The van der Waals surface area contributed by atoms with Crippen LogP contribution in [0.1, 0.15) is 0 Å². The maximum Gasteiger partial charge on any atom is 0.0640 e. The third kappa shape index (κ3) is 4.54. The molecule has 2 aromatic heterocycles. The van der Waals surface area contributed by atoms with Crippen LogP contribution < -0.4 is 9.80 Å². The van der Waals surface area contributed by atoms with Crippen molar-refractivity contribution in [3.05, 3.63) is 170 Å². The number of hydrogen-bond donors (Lipinski definition) is 0. The van der Waals surface area contributed by atoms with Gasteiger partial charge in [-0.2, -0.15) is 0 Å². The lowest BCUT2D eigenvalue weighted by Crippen LogP contribution is -2.09. The smallest absolute Gasteiger partial charge is 0.0640 e. The average molecular weight is 625 g/mol. The van der Waals surface area contributed by atoms with Gasteiger partial charge in [0.2, 0.25) is 0 Å². The first-order valence-corrected chi connectivity index (χ1v) is 17.1. The molecule has 0 N–H and O–H groups in total. The van der Waals surface area contributed by atoms with Gasteiger partial charge in [-0.15, -0.1) is 22.7 Å². The third-order valence-electron chi connectivity index (χ3n) is 8.62. The van der Waals surface area contributed by atoms with E-state index in [9.17, 15) is 0 Å². The summed E-state index contributed by atoms with van der Waals surface area (Å²) in [5.41, 5.74) is 6.93. The van der Waals surface area contributed by atoms with E-state index in [1.165, 1.54) is 46.0 Å². The zero-order chi connectivity index (χ0) is 30.5.